The van der Waals surface area contributed by atoms with Crippen LogP contribution in [0.1, 0.15) is 24.8 Å². The van der Waals surface area contributed by atoms with Crippen LogP contribution in [0.25, 0.3) is 11.3 Å². The summed E-state index contributed by atoms with van der Waals surface area (Å²) in [5.74, 6) is 0.358. The van der Waals surface area contributed by atoms with Gasteiger partial charge in [0.15, 0.2) is 0 Å². The predicted molar refractivity (Wildman–Crippen MR) is 75.5 cm³/mol. The number of nitrogens with two attached hydrogens (primary N) is 1. The van der Waals surface area contributed by atoms with Crippen LogP contribution in [-0.2, 0) is 6.54 Å². The van der Waals surface area contributed by atoms with Crippen molar-refractivity contribution in [3.8, 4) is 11.3 Å². The molecule has 1 aromatic carbocycles. The third-order valence-electron chi connectivity index (χ3n) is 3.61. The molecule has 0 aliphatic carbocycles. The van der Waals surface area contributed by atoms with Gasteiger partial charge in [0.1, 0.15) is 5.69 Å². The molecule has 19 heavy (non-hydrogen) atoms. The van der Waals surface area contributed by atoms with E-state index in [-0.39, 0.29) is 0 Å². The second-order valence-corrected chi connectivity index (χ2v) is 5.15. The monoisotopic (exact) mass is 257 g/mol. The summed E-state index contributed by atoms with van der Waals surface area (Å²) in [4.78, 5) is 2.51. The average molecular weight is 257 g/mol. The summed E-state index contributed by atoms with van der Waals surface area (Å²) < 4.78 is 4.93. The van der Waals surface area contributed by atoms with Gasteiger partial charge in [0.2, 0.25) is 5.88 Å². The Morgan fingerprint density at radius 1 is 1.16 bits per heavy atom. The molecule has 4 nitrogen and oxygen atoms in total. The molecular weight excluding hydrogens is 238 g/mol. The number of piperidine rings is 1. The molecule has 1 fully saturated rings. The van der Waals surface area contributed by atoms with E-state index in [1.165, 1.54) is 37.9 Å². The van der Waals surface area contributed by atoms with E-state index in [4.69, 9.17) is 10.3 Å². The molecule has 1 saturated heterocycles. The number of anilines is 1. The molecule has 2 N–H and O–H groups in total. The molecule has 1 aliphatic heterocycles. The number of rotatable bonds is 3. The minimum atomic E-state index is 0.358. The third-order valence-corrected chi connectivity index (χ3v) is 3.61. The molecule has 0 unspecified atom stereocenters. The maximum atomic E-state index is 5.57. The van der Waals surface area contributed by atoms with Crippen LogP contribution in [0, 0.1) is 0 Å². The van der Waals surface area contributed by atoms with Crippen molar-refractivity contribution in [2.45, 2.75) is 25.8 Å². The highest BCUT2D eigenvalue weighted by Gasteiger charge is 2.11. The van der Waals surface area contributed by atoms with E-state index < -0.39 is 0 Å². The third kappa shape index (κ3) is 2.96. The Labute approximate surface area is 113 Å². The normalized spacial score (nSPS) is 16.6. The molecule has 0 spiro atoms. The summed E-state index contributed by atoms with van der Waals surface area (Å²) >= 11 is 0. The van der Waals surface area contributed by atoms with E-state index in [2.05, 4.69) is 28.3 Å². The molecule has 1 aliphatic rings. The number of nitrogens with zero attached hydrogens (tertiary/aromatic N) is 2. The van der Waals surface area contributed by atoms with E-state index in [1.54, 1.807) is 6.07 Å². The fourth-order valence-electron chi connectivity index (χ4n) is 2.63. The van der Waals surface area contributed by atoms with Crippen LogP contribution in [-0.4, -0.2) is 23.1 Å². The van der Waals surface area contributed by atoms with E-state index >= 15 is 0 Å². The maximum Gasteiger partial charge on any atom is 0.222 e. The quantitative estimate of drug-likeness (QED) is 0.918. The lowest BCUT2D eigenvalue weighted by atomic mass is 10.1. The number of benzene rings is 1. The minimum Gasteiger partial charge on any atom is -0.368 e. The first kappa shape index (κ1) is 12.2. The maximum absolute atomic E-state index is 5.57. The first-order valence-electron chi connectivity index (χ1n) is 6.85. The average Bonchev–Trinajstić information content (AvgIpc) is 2.87. The van der Waals surface area contributed by atoms with Crippen LogP contribution in [0.15, 0.2) is 34.9 Å². The number of aromatic nitrogens is 1. The molecule has 4 heteroatoms. The number of hydrogen-bond donors (Lipinski definition) is 1. The van der Waals surface area contributed by atoms with Crippen molar-refractivity contribution in [1.29, 1.82) is 0 Å². The topological polar surface area (TPSA) is 55.3 Å². The van der Waals surface area contributed by atoms with Crippen LogP contribution in [0.3, 0.4) is 0 Å². The standard InChI is InChI=1S/C15H19N3O/c16-15-10-14(17-19-15)13-6-4-5-12(9-13)11-18-7-2-1-3-8-18/h4-6,9-10H,1-3,7-8,11,16H2. The number of nitrogen functional groups attached to an aromatic ring is 1. The zero-order chi connectivity index (χ0) is 13.1. The zero-order valence-electron chi connectivity index (χ0n) is 11.0. The molecular formula is C15H19N3O. The van der Waals surface area contributed by atoms with Crippen molar-refractivity contribution in [3.05, 3.63) is 35.9 Å². The summed E-state index contributed by atoms with van der Waals surface area (Å²) in [6, 6.07) is 10.2. The van der Waals surface area contributed by atoms with E-state index in [9.17, 15) is 0 Å². The summed E-state index contributed by atoms with van der Waals surface area (Å²) in [5, 5.41) is 3.96. The first-order chi connectivity index (χ1) is 9.31. The molecule has 0 bridgehead atoms. The smallest absolute Gasteiger partial charge is 0.222 e. The molecule has 0 radical (unpaired) electrons. The van der Waals surface area contributed by atoms with Gasteiger partial charge in [-0.25, -0.2) is 0 Å². The Morgan fingerprint density at radius 3 is 2.74 bits per heavy atom. The summed E-state index contributed by atoms with van der Waals surface area (Å²) in [6.07, 6.45) is 4.01. The highest BCUT2D eigenvalue weighted by molar-refractivity contribution is 5.61. The van der Waals surface area contributed by atoms with E-state index in [0.29, 0.717) is 5.88 Å². The van der Waals surface area contributed by atoms with Crippen molar-refractivity contribution < 1.29 is 4.52 Å². The second kappa shape index (κ2) is 5.45. The number of hydrogen-bond acceptors (Lipinski definition) is 4. The molecule has 0 atom stereocenters. The fourth-order valence-corrected chi connectivity index (χ4v) is 2.63. The summed E-state index contributed by atoms with van der Waals surface area (Å²) in [5.41, 5.74) is 8.75. The molecule has 2 heterocycles. The summed E-state index contributed by atoms with van der Waals surface area (Å²) in [6.45, 7) is 3.43. The van der Waals surface area contributed by atoms with Crippen molar-refractivity contribution >= 4 is 5.88 Å². The molecule has 100 valence electrons. The number of likely N-dealkylation sites (tertiary alicyclic amines) is 1. The van der Waals surface area contributed by atoms with Gasteiger partial charge in [-0.05, 0) is 37.6 Å². The molecule has 0 amide bonds. The Balaban J connectivity index is 1.75. The Kier molecular flexibility index (Phi) is 3.51. The van der Waals surface area contributed by atoms with Gasteiger partial charge in [0.05, 0.1) is 0 Å². The lowest BCUT2D eigenvalue weighted by Crippen LogP contribution is -2.29. The lowest BCUT2D eigenvalue weighted by molar-refractivity contribution is 0.221. The van der Waals surface area contributed by atoms with Crippen molar-refractivity contribution in [2.24, 2.45) is 0 Å². The van der Waals surface area contributed by atoms with Crippen LogP contribution in [0.2, 0.25) is 0 Å². The van der Waals surface area contributed by atoms with E-state index in [0.717, 1.165) is 17.8 Å². The molecule has 3 rings (SSSR count). The predicted octanol–water partition coefficient (Wildman–Crippen LogP) is 2.91. The van der Waals surface area contributed by atoms with Crippen molar-refractivity contribution in [1.82, 2.24) is 10.1 Å². The van der Waals surface area contributed by atoms with Gasteiger partial charge in [-0.1, -0.05) is 29.8 Å². The lowest BCUT2D eigenvalue weighted by Gasteiger charge is -2.26. The van der Waals surface area contributed by atoms with Crippen LogP contribution in [0.4, 0.5) is 5.88 Å². The molecule has 0 saturated carbocycles. The van der Waals surface area contributed by atoms with Gasteiger partial charge >= 0.3 is 0 Å². The van der Waals surface area contributed by atoms with Gasteiger partial charge in [-0.15, -0.1) is 0 Å². The van der Waals surface area contributed by atoms with Gasteiger partial charge in [0.25, 0.3) is 0 Å². The minimum absolute atomic E-state index is 0.358. The highest BCUT2D eigenvalue weighted by atomic mass is 16.5. The largest absolute Gasteiger partial charge is 0.368 e. The fraction of sp³-hybridized carbons (Fsp3) is 0.400. The van der Waals surface area contributed by atoms with Crippen molar-refractivity contribution in [2.75, 3.05) is 18.8 Å². The SMILES string of the molecule is Nc1cc(-c2cccc(CN3CCCCC3)c2)no1. The van der Waals surface area contributed by atoms with Crippen LogP contribution >= 0.6 is 0 Å². The second-order valence-electron chi connectivity index (χ2n) is 5.15. The highest BCUT2D eigenvalue weighted by Crippen LogP contribution is 2.22. The van der Waals surface area contributed by atoms with Crippen LogP contribution < -0.4 is 5.73 Å². The summed E-state index contributed by atoms with van der Waals surface area (Å²) in [7, 11) is 0. The van der Waals surface area contributed by atoms with Gasteiger partial charge in [-0.2, -0.15) is 0 Å². The zero-order valence-corrected chi connectivity index (χ0v) is 11.0. The molecule has 2 aromatic rings. The van der Waals surface area contributed by atoms with Crippen molar-refractivity contribution in [3.63, 3.8) is 0 Å². The van der Waals surface area contributed by atoms with Crippen LogP contribution in [0.5, 0.6) is 0 Å². The van der Waals surface area contributed by atoms with Gasteiger partial charge in [0, 0.05) is 18.2 Å². The van der Waals surface area contributed by atoms with E-state index in [1.807, 2.05) is 6.07 Å². The van der Waals surface area contributed by atoms with Gasteiger partial charge < -0.3 is 10.3 Å². The van der Waals surface area contributed by atoms with Gasteiger partial charge in [-0.3, -0.25) is 4.90 Å². The Hall–Kier alpha value is -1.81. The Bertz CT molecular complexity index is 544. The first-order valence-corrected chi connectivity index (χ1v) is 6.85. The molecule has 1 aromatic heterocycles. The Morgan fingerprint density at radius 2 is 2.00 bits per heavy atom.